The van der Waals surface area contributed by atoms with Gasteiger partial charge in [-0.2, -0.15) is 0 Å². The second-order valence-electron chi connectivity index (χ2n) is 4.81. The Labute approximate surface area is 126 Å². The number of nitrogens with one attached hydrogen (secondary N) is 1. The molecule has 0 aliphatic rings. The summed E-state index contributed by atoms with van der Waals surface area (Å²) in [7, 11) is 0. The fourth-order valence-corrected chi connectivity index (χ4v) is 2.15. The number of aromatic nitrogens is 2. The Morgan fingerprint density at radius 2 is 1.81 bits per heavy atom. The first-order valence-electron chi connectivity index (χ1n) is 7.61. The van der Waals surface area contributed by atoms with Crippen LogP contribution in [0.3, 0.4) is 0 Å². The molecule has 0 bridgehead atoms. The maximum Gasteiger partial charge on any atom is 0.161 e. The van der Waals surface area contributed by atoms with Crippen LogP contribution in [0.4, 0.5) is 5.82 Å². The van der Waals surface area contributed by atoms with Crippen LogP contribution in [0.25, 0.3) is 11.4 Å². The molecule has 0 fully saturated rings. The number of hydrogen-bond donors (Lipinski definition) is 1. The van der Waals surface area contributed by atoms with Crippen molar-refractivity contribution in [2.75, 3.05) is 18.5 Å². The summed E-state index contributed by atoms with van der Waals surface area (Å²) in [6, 6.07) is 9.96. The Kier molecular flexibility index (Phi) is 5.55. The van der Waals surface area contributed by atoms with Gasteiger partial charge in [-0.05, 0) is 44.5 Å². The Balaban J connectivity index is 2.32. The average molecular weight is 285 g/mol. The van der Waals surface area contributed by atoms with E-state index in [-0.39, 0.29) is 0 Å². The van der Waals surface area contributed by atoms with Gasteiger partial charge in [-0.15, -0.1) is 0 Å². The third-order valence-corrected chi connectivity index (χ3v) is 3.07. The van der Waals surface area contributed by atoms with E-state index < -0.39 is 0 Å². The lowest BCUT2D eigenvalue weighted by atomic mass is 10.2. The molecular formula is C17H23N3O. The van der Waals surface area contributed by atoms with Gasteiger partial charge >= 0.3 is 0 Å². The molecule has 21 heavy (non-hydrogen) atoms. The zero-order valence-corrected chi connectivity index (χ0v) is 13.0. The van der Waals surface area contributed by atoms with Crippen LogP contribution in [0.15, 0.2) is 30.3 Å². The highest BCUT2D eigenvalue weighted by Crippen LogP contribution is 2.21. The van der Waals surface area contributed by atoms with Crippen LogP contribution < -0.4 is 10.1 Å². The molecule has 4 nitrogen and oxygen atoms in total. The minimum atomic E-state index is 0.673. The van der Waals surface area contributed by atoms with Crippen molar-refractivity contribution in [3.63, 3.8) is 0 Å². The number of rotatable bonds is 7. The largest absolute Gasteiger partial charge is 0.494 e. The number of ether oxygens (including phenoxy) is 1. The van der Waals surface area contributed by atoms with Gasteiger partial charge in [0.05, 0.1) is 6.61 Å². The van der Waals surface area contributed by atoms with Gasteiger partial charge in [0.2, 0.25) is 0 Å². The van der Waals surface area contributed by atoms with E-state index in [0.717, 1.165) is 48.0 Å². The first kappa shape index (κ1) is 15.3. The van der Waals surface area contributed by atoms with E-state index in [1.807, 2.05) is 37.3 Å². The number of benzene rings is 1. The van der Waals surface area contributed by atoms with Crippen molar-refractivity contribution < 1.29 is 4.74 Å². The Hall–Kier alpha value is -2.10. The topological polar surface area (TPSA) is 47.0 Å². The normalized spacial score (nSPS) is 10.4. The lowest BCUT2D eigenvalue weighted by Crippen LogP contribution is -2.04. The molecule has 0 unspecified atom stereocenters. The lowest BCUT2D eigenvalue weighted by molar-refractivity contribution is 0.340. The maximum atomic E-state index is 5.47. The minimum Gasteiger partial charge on any atom is -0.494 e. The van der Waals surface area contributed by atoms with Gasteiger partial charge in [0.1, 0.15) is 11.6 Å². The second kappa shape index (κ2) is 7.62. The zero-order chi connectivity index (χ0) is 15.1. The Morgan fingerprint density at radius 1 is 1.05 bits per heavy atom. The Morgan fingerprint density at radius 3 is 2.43 bits per heavy atom. The average Bonchev–Trinajstić information content (AvgIpc) is 2.49. The van der Waals surface area contributed by atoms with E-state index in [2.05, 4.69) is 29.1 Å². The molecule has 1 aromatic carbocycles. The SMILES string of the molecule is CCCc1cc(NCC)nc(-c2ccc(OCC)cc2)n1. The molecule has 0 aliphatic carbocycles. The van der Waals surface area contributed by atoms with Gasteiger partial charge < -0.3 is 10.1 Å². The van der Waals surface area contributed by atoms with E-state index in [1.165, 1.54) is 0 Å². The summed E-state index contributed by atoms with van der Waals surface area (Å²) in [6.45, 7) is 7.73. The van der Waals surface area contributed by atoms with E-state index in [9.17, 15) is 0 Å². The van der Waals surface area contributed by atoms with Crippen LogP contribution in [-0.4, -0.2) is 23.1 Å². The molecule has 2 aromatic rings. The lowest BCUT2D eigenvalue weighted by Gasteiger charge is -2.09. The predicted molar refractivity (Wildman–Crippen MR) is 86.8 cm³/mol. The van der Waals surface area contributed by atoms with E-state index >= 15 is 0 Å². The van der Waals surface area contributed by atoms with Crippen molar-refractivity contribution in [3.8, 4) is 17.1 Å². The van der Waals surface area contributed by atoms with Crippen molar-refractivity contribution in [1.82, 2.24) is 9.97 Å². The summed E-state index contributed by atoms with van der Waals surface area (Å²) in [6.07, 6.45) is 2.04. The van der Waals surface area contributed by atoms with Crippen LogP contribution in [-0.2, 0) is 6.42 Å². The van der Waals surface area contributed by atoms with Gasteiger partial charge in [0.25, 0.3) is 0 Å². The Bertz CT molecular complexity index is 542. The minimum absolute atomic E-state index is 0.673. The second-order valence-corrected chi connectivity index (χ2v) is 4.81. The summed E-state index contributed by atoms with van der Waals surface area (Å²) >= 11 is 0. The standard InChI is InChI=1S/C17H23N3O/c1-4-7-14-12-16(18-5-2)20-17(19-14)13-8-10-15(11-9-13)21-6-3/h8-12H,4-7H2,1-3H3,(H,18,19,20). The molecule has 0 amide bonds. The molecule has 0 radical (unpaired) electrons. The maximum absolute atomic E-state index is 5.47. The van der Waals surface area contributed by atoms with Crippen molar-refractivity contribution in [1.29, 1.82) is 0 Å². The number of hydrogen-bond acceptors (Lipinski definition) is 4. The summed E-state index contributed by atoms with van der Waals surface area (Å²) < 4.78 is 5.47. The third kappa shape index (κ3) is 4.18. The van der Waals surface area contributed by atoms with Gasteiger partial charge in [-0.1, -0.05) is 13.3 Å². The molecule has 112 valence electrons. The quantitative estimate of drug-likeness (QED) is 0.837. The molecule has 0 aliphatic heterocycles. The summed E-state index contributed by atoms with van der Waals surface area (Å²) in [5, 5.41) is 3.27. The van der Waals surface area contributed by atoms with Gasteiger partial charge in [0.15, 0.2) is 5.82 Å². The summed E-state index contributed by atoms with van der Waals surface area (Å²) in [5.41, 5.74) is 2.09. The first-order chi connectivity index (χ1) is 10.3. The van der Waals surface area contributed by atoms with Gasteiger partial charge in [-0.25, -0.2) is 9.97 Å². The number of anilines is 1. The molecule has 0 saturated carbocycles. The monoisotopic (exact) mass is 285 g/mol. The van der Waals surface area contributed by atoms with Crippen molar-refractivity contribution in [2.45, 2.75) is 33.6 Å². The fourth-order valence-electron chi connectivity index (χ4n) is 2.15. The number of aryl methyl sites for hydroxylation is 1. The number of nitrogens with zero attached hydrogens (tertiary/aromatic N) is 2. The molecule has 0 saturated heterocycles. The molecule has 1 heterocycles. The summed E-state index contributed by atoms with van der Waals surface area (Å²) in [5.74, 6) is 2.53. The van der Waals surface area contributed by atoms with Gasteiger partial charge in [0, 0.05) is 23.9 Å². The van der Waals surface area contributed by atoms with E-state index in [0.29, 0.717) is 6.61 Å². The highest BCUT2D eigenvalue weighted by atomic mass is 16.5. The highest BCUT2D eigenvalue weighted by Gasteiger charge is 2.07. The van der Waals surface area contributed by atoms with Crippen LogP contribution in [0.2, 0.25) is 0 Å². The molecule has 0 spiro atoms. The third-order valence-electron chi connectivity index (χ3n) is 3.07. The first-order valence-corrected chi connectivity index (χ1v) is 7.61. The van der Waals surface area contributed by atoms with E-state index in [4.69, 9.17) is 4.74 Å². The molecule has 0 atom stereocenters. The fraction of sp³-hybridized carbons (Fsp3) is 0.412. The zero-order valence-electron chi connectivity index (χ0n) is 13.0. The smallest absolute Gasteiger partial charge is 0.161 e. The molecule has 1 N–H and O–H groups in total. The van der Waals surface area contributed by atoms with Crippen molar-refractivity contribution in [3.05, 3.63) is 36.0 Å². The molecule has 4 heteroatoms. The van der Waals surface area contributed by atoms with Crippen molar-refractivity contribution in [2.24, 2.45) is 0 Å². The molecule has 1 aromatic heterocycles. The van der Waals surface area contributed by atoms with Crippen LogP contribution in [0, 0.1) is 0 Å². The van der Waals surface area contributed by atoms with Crippen LogP contribution in [0.1, 0.15) is 32.9 Å². The predicted octanol–water partition coefficient (Wildman–Crippen LogP) is 3.93. The van der Waals surface area contributed by atoms with E-state index in [1.54, 1.807) is 0 Å². The summed E-state index contributed by atoms with van der Waals surface area (Å²) in [4.78, 5) is 9.25. The molecular weight excluding hydrogens is 262 g/mol. The van der Waals surface area contributed by atoms with Crippen LogP contribution >= 0.6 is 0 Å². The van der Waals surface area contributed by atoms with Gasteiger partial charge in [-0.3, -0.25) is 0 Å². The highest BCUT2D eigenvalue weighted by molar-refractivity contribution is 5.58. The van der Waals surface area contributed by atoms with Crippen molar-refractivity contribution >= 4 is 5.82 Å². The van der Waals surface area contributed by atoms with Crippen LogP contribution in [0.5, 0.6) is 5.75 Å². The molecule has 2 rings (SSSR count).